The lowest BCUT2D eigenvalue weighted by Gasteiger charge is -2.26. The Morgan fingerprint density at radius 3 is 2.77 bits per heavy atom. The Hall–Kier alpha value is -2.27. The smallest absolute Gasteiger partial charge is 0.250 e. The lowest BCUT2D eigenvalue weighted by molar-refractivity contribution is -0.111. The number of amides is 1. The number of rotatable bonds is 6. The summed E-state index contributed by atoms with van der Waals surface area (Å²) in [5, 5.41) is 3.41. The fourth-order valence-electron chi connectivity index (χ4n) is 3.65. The van der Waals surface area contributed by atoms with Crippen LogP contribution in [-0.2, 0) is 32.4 Å². The summed E-state index contributed by atoms with van der Waals surface area (Å²) in [6.07, 6.45) is 7.25. The van der Waals surface area contributed by atoms with E-state index in [0.717, 1.165) is 31.4 Å². The number of hydrogen-bond donors (Lipinski definition) is 1. The largest absolute Gasteiger partial charge is 0.495 e. The Morgan fingerprint density at radius 1 is 1.26 bits per heavy atom. The summed E-state index contributed by atoms with van der Waals surface area (Å²) in [4.78, 5) is 18.2. The first-order chi connectivity index (χ1) is 15.0. The number of nitrogens with zero attached hydrogens (tertiary/aromatic N) is 2. The van der Waals surface area contributed by atoms with Crippen LogP contribution in [0.4, 0.5) is 5.13 Å². The third kappa shape index (κ3) is 4.98. The van der Waals surface area contributed by atoms with Gasteiger partial charge in [-0.25, -0.2) is 13.4 Å². The number of carbonyl (C=O) groups is 1. The molecule has 2 aromatic rings. The van der Waals surface area contributed by atoms with Crippen LogP contribution in [0.3, 0.4) is 0 Å². The van der Waals surface area contributed by atoms with Gasteiger partial charge in [0.1, 0.15) is 10.6 Å². The van der Waals surface area contributed by atoms with Crippen LogP contribution < -0.4 is 10.1 Å². The first kappa shape index (κ1) is 21.9. The molecule has 10 heteroatoms. The van der Waals surface area contributed by atoms with Gasteiger partial charge in [0.2, 0.25) is 15.9 Å². The lowest BCUT2D eigenvalue weighted by atomic mass is 10.0. The van der Waals surface area contributed by atoms with Crippen molar-refractivity contribution >= 4 is 38.5 Å². The zero-order chi connectivity index (χ0) is 21.8. The monoisotopic (exact) mass is 463 g/mol. The topological polar surface area (TPSA) is 97.8 Å². The Labute approximate surface area is 185 Å². The van der Waals surface area contributed by atoms with E-state index in [2.05, 4.69) is 10.3 Å². The highest BCUT2D eigenvalue weighted by molar-refractivity contribution is 7.89. The second-order valence-electron chi connectivity index (χ2n) is 7.35. The van der Waals surface area contributed by atoms with E-state index < -0.39 is 10.0 Å². The van der Waals surface area contributed by atoms with E-state index in [1.807, 2.05) is 0 Å². The number of nitrogens with one attached hydrogen (secondary N) is 1. The number of hydrogen-bond acceptors (Lipinski definition) is 7. The van der Waals surface area contributed by atoms with Gasteiger partial charge < -0.3 is 9.47 Å². The maximum absolute atomic E-state index is 13.1. The molecular weight excluding hydrogens is 438 g/mol. The predicted octanol–water partition coefficient (Wildman–Crippen LogP) is 2.70. The molecule has 1 fully saturated rings. The highest BCUT2D eigenvalue weighted by atomic mass is 32.2. The molecule has 0 atom stereocenters. The number of aromatic nitrogens is 1. The Morgan fingerprint density at radius 2 is 2.03 bits per heavy atom. The van der Waals surface area contributed by atoms with Crippen molar-refractivity contribution in [2.45, 2.75) is 30.6 Å². The summed E-state index contributed by atoms with van der Waals surface area (Å²) >= 11 is 1.52. The third-order valence-electron chi connectivity index (χ3n) is 5.28. The number of ether oxygens (including phenoxy) is 2. The highest BCUT2D eigenvalue weighted by Crippen LogP contribution is 2.30. The average molecular weight is 464 g/mol. The van der Waals surface area contributed by atoms with E-state index in [0.29, 0.717) is 37.0 Å². The maximum Gasteiger partial charge on any atom is 0.250 e. The fraction of sp³-hybridized carbons (Fsp3) is 0.429. The zero-order valence-corrected chi connectivity index (χ0v) is 18.9. The summed E-state index contributed by atoms with van der Waals surface area (Å²) < 4.78 is 38.1. The van der Waals surface area contributed by atoms with E-state index in [1.165, 1.54) is 39.8 Å². The summed E-state index contributed by atoms with van der Waals surface area (Å²) in [6.45, 7) is 1.32. The molecular formula is C21H25N3O5S2. The van der Waals surface area contributed by atoms with Gasteiger partial charge in [-0.3, -0.25) is 10.1 Å². The fourth-order valence-corrected chi connectivity index (χ4v) is 6.30. The molecule has 0 spiro atoms. The van der Waals surface area contributed by atoms with E-state index in [-0.39, 0.29) is 16.6 Å². The molecule has 2 heterocycles. The highest BCUT2D eigenvalue weighted by Gasteiger charge is 2.29. The van der Waals surface area contributed by atoms with E-state index in [9.17, 15) is 13.2 Å². The zero-order valence-electron chi connectivity index (χ0n) is 17.3. The molecule has 31 heavy (non-hydrogen) atoms. The van der Waals surface area contributed by atoms with Crippen LogP contribution >= 0.6 is 11.3 Å². The van der Waals surface area contributed by atoms with Crippen LogP contribution in [0.1, 0.15) is 29.0 Å². The summed E-state index contributed by atoms with van der Waals surface area (Å²) in [7, 11) is -2.30. The van der Waals surface area contributed by atoms with Crippen LogP contribution in [0.15, 0.2) is 29.2 Å². The van der Waals surface area contributed by atoms with Crippen molar-refractivity contribution in [3.8, 4) is 5.75 Å². The first-order valence-electron chi connectivity index (χ1n) is 10.2. The molecule has 1 N–H and O–H groups in total. The number of thiazole rings is 1. The molecule has 1 amide bonds. The normalized spacial score (nSPS) is 17.5. The van der Waals surface area contributed by atoms with Gasteiger partial charge in [-0.05, 0) is 49.5 Å². The van der Waals surface area contributed by atoms with Gasteiger partial charge in [0.25, 0.3) is 0 Å². The predicted molar refractivity (Wildman–Crippen MR) is 119 cm³/mol. The Bertz CT molecular complexity index is 1060. The number of carbonyl (C=O) groups excluding carboxylic acids is 1. The molecule has 166 valence electrons. The molecule has 1 aromatic heterocycles. The molecule has 4 rings (SSSR count). The van der Waals surface area contributed by atoms with E-state index >= 15 is 0 Å². The number of sulfonamides is 1. The number of methoxy groups -OCH3 is 1. The second kappa shape index (κ2) is 9.47. The van der Waals surface area contributed by atoms with Crippen molar-refractivity contribution in [3.05, 3.63) is 40.4 Å². The lowest BCUT2D eigenvalue weighted by Crippen LogP contribution is -2.40. The molecule has 1 aliphatic heterocycles. The Kier molecular flexibility index (Phi) is 6.71. The van der Waals surface area contributed by atoms with Crippen LogP contribution in [0, 0.1) is 0 Å². The van der Waals surface area contributed by atoms with Gasteiger partial charge in [0, 0.05) is 24.0 Å². The summed E-state index contributed by atoms with van der Waals surface area (Å²) in [6, 6.07) is 4.83. The molecule has 0 radical (unpaired) electrons. The van der Waals surface area contributed by atoms with Crippen molar-refractivity contribution in [2.24, 2.45) is 0 Å². The molecule has 0 saturated carbocycles. The summed E-state index contributed by atoms with van der Waals surface area (Å²) in [5.41, 5.74) is 1.67. The Balaban J connectivity index is 1.50. The van der Waals surface area contributed by atoms with Gasteiger partial charge in [-0.1, -0.05) is 6.07 Å². The molecule has 1 aliphatic carbocycles. The standard InChI is InChI=1S/C21H25N3O5S2/c1-28-17-8-6-15(14-19(17)31(26,27)24-10-12-29-13-11-24)7-9-20(25)23-21-22-16-4-2-3-5-18(16)30-21/h6-9,14H,2-5,10-13H2,1H3,(H,22,23,25). The van der Waals surface area contributed by atoms with Crippen molar-refractivity contribution in [3.63, 3.8) is 0 Å². The molecule has 0 unspecified atom stereocenters. The van der Waals surface area contributed by atoms with Gasteiger partial charge in [0.15, 0.2) is 5.13 Å². The van der Waals surface area contributed by atoms with Crippen molar-refractivity contribution in [1.29, 1.82) is 0 Å². The number of aryl methyl sites for hydroxylation is 2. The molecule has 1 saturated heterocycles. The van der Waals surface area contributed by atoms with Crippen molar-refractivity contribution in [1.82, 2.24) is 9.29 Å². The first-order valence-corrected chi connectivity index (χ1v) is 12.5. The van der Waals surface area contributed by atoms with Crippen molar-refractivity contribution in [2.75, 3.05) is 38.7 Å². The van der Waals surface area contributed by atoms with E-state index in [4.69, 9.17) is 9.47 Å². The molecule has 8 nitrogen and oxygen atoms in total. The van der Waals surface area contributed by atoms with Gasteiger partial charge >= 0.3 is 0 Å². The quantitative estimate of drug-likeness (QED) is 0.662. The maximum atomic E-state index is 13.1. The van der Waals surface area contributed by atoms with Crippen LogP contribution in [-0.4, -0.2) is 57.0 Å². The van der Waals surface area contributed by atoms with Gasteiger partial charge in [-0.15, -0.1) is 11.3 Å². The minimum atomic E-state index is -3.73. The van der Waals surface area contributed by atoms with Crippen molar-refractivity contribution < 1.29 is 22.7 Å². The number of fused-ring (bicyclic) bond motifs is 1. The summed E-state index contributed by atoms with van der Waals surface area (Å²) in [5.74, 6) is -0.0408. The molecule has 1 aromatic carbocycles. The SMILES string of the molecule is COc1ccc(C=CC(=O)Nc2nc3c(s2)CCCC3)cc1S(=O)(=O)N1CCOCC1. The minimum absolute atomic E-state index is 0.0760. The number of morpholine rings is 1. The second-order valence-corrected chi connectivity index (χ2v) is 10.3. The number of benzene rings is 1. The van der Waals surface area contributed by atoms with Gasteiger partial charge in [-0.2, -0.15) is 4.31 Å². The van der Waals surface area contributed by atoms with Crippen LogP contribution in [0.5, 0.6) is 5.75 Å². The van der Waals surface area contributed by atoms with Gasteiger partial charge in [0.05, 0.1) is 26.0 Å². The molecule has 2 aliphatic rings. The molecule has 0 bridgehead atoms. The minimum Gasteiger partial charge on any atom is -0.495 e. The van der Waals surface area contributed by atoms with Crippen LogP contribution in [0.25, 0.3) is 6.08 Å². The number of anilines is 1. The van der Waals surface area contributed by atoms with E-state index in [1.54, 1.807) is 18.2 Å². The third-order valence-corrected chi connectivity index (χ3v) is 8.27. The average Bonchev–Trinajstić information content (AvgIpc) is 3.20. The van der Waals surface area contributed by atoms with Crippen LogP contribution in [0.2, 0.25) is 0 Å².